The van der Waals surface area contributed by atoms with Crippen LogP contribution in [0.15, 0.2) is 45.6 Å². The van der Waals surface area contributed by atoms with E-state index in [1.165, 1.54) is 0 Å². The minimum absolute atomic E-state index is 0.0644. The molecule has 6 heteroatoms. The van der Waals surface area contributed by atoms with Crippen LogP contribution in [0.5, 0.6) is 11.5 Å². The van der Waals surface area contributed by atoms with Crippen LogP contribution in [0.2, 0.25) is 0 Å². The third-order valence-corrected chi connectivity index (χ3v) is 6.17. The predicted octanol–water partition coefficient (Wildman–Crippen LogP) is 4.63. The molecule has 0 spiro atoms. The third kappa shape index (κ3) is 4.09. The van der Waals surface area contributed by atoms with E-state index in [1.54, 1.807) is 7.11 Å². The van der Waals surface area contributed by atoms with Gasteiger partial charge in [0.2, 0.25) is 5.91 Å². The zero-order chi connectivity index (χ0) is 23.0. The molecule has 0 saturated heterocycles. The van der Waals surface area contributed by atoms with Gasteiger partial charge in [0, 0.05) is 11.6 Å². The van der Waals surface area contributed by atoms with Gasteiger partial charge in [0.25, 0.3) is 0 Å². The lowest BCUT2D eigenvalue weighted by molar-refractivity contribution is -0.121. The van der Waals surface area contributed by atoms with Crippen molar-refractivity contribution in [2.45, 2.75) is 58.6 Å². The first-order valence-corrected chi connectivity index (χ1v) is 10.9. The lowest BCUT2D eigenvalue weighted by Gasteiger charge is -2.33. The minimum Gasteiger partial charge on any atom is -0.496 e. The van der Waals surface area contributed by atoms with Gasteiger partial charge in [0.1, 0.15) is 22.7 Å². The second-order valence-corrected chi connectivity index (χ2v) is 8.99. The molecule has 1 aromatic heterocycles. The van der Waals surface area contributed by atoms with Crippen molar-refractivity contribution in [1.82, 2.24) is 5.32 Å². The van der Waals surface area contributed by atoms with Gasteiger partial charge in [-0.05, 0) is 51.7 Å². The Labute approximate surface area is 187 Å². The first-order chi connectivity index (χ1) is 15.2. The maximum absolute atomic E-state index is 12.9. The van der Waals surface area contributed by atoms with Crippen molar-refractivity contribution < 1.29 is 18.7 Å². The molecule has 3 aromatic rings. The molecule has 4 rings (SSSR count). The van der Waals surface area contributed by atoms with Crippen LogP contribution in [0.4, 0.5) is 0 Å². The largest absolute Gasteiger partial charge is 0.496 e. The molecular weight excluding hydrogens is 406 g/mol. The van der Waals surface area contributed by atoms with Crippen molar-refractivity contribution in [2.75, 3.05) is 7.11 Å². The number of aryl methyl sites for hydroxylation is 2. The Morgan fingerprint density at radius 2 is 1.97 bits per heavy atom. The number of hydrogen-bond acceptors (Lipinski definition) is 5. The quantitative estimate of drug-likeness (QED) is 0.591. The van der Waals surface area contributed by atoms with Crippen LogP contribution in [0.1, 0.15) is 55.5 Å². The van der Waals surface area contributed by atoms with Crippen molar-refractivity contribution in [3.63, 3.8) is 0 Å². The van der Waals surface area contributed by atoms with Crippen molar-refractivity contribution in [2.24, 2.45) is 0 Å². The van der Waals surface area contributed by atoms with Crippen LogP contribution in [-0.2, 0) is 17.6 Å². The summed E-state index contributed by atoms with van der Waals surface area (Å²) in [6.45, 7) is 7.82. The van der Waals surface area contributed by atoms with Crippen molar-refractivity contribution in [3.8, 4) is 11.5 Å². The van der Waals surface area contributed by atoms with E-state index in [0.29, 0.717) is 33.6 Å². The van der Waals surface area contributed by atoms with Gasteiger partial charge < -0.3 is 19.2 Å². The molecule has 6 nitrogen and oxygen atoms in total. The van der Waals surface area contributed by atoms with Crippen LogP contribution < -0.4 is 20.4 Å². The standard InChI is InChI=1S/C26H29NO5/c1-15-19(13-22(28)27-16(2)17-9-7-6-8-10-17)25(29)31-24-18-11-12-26(3,4)32-20(18)14-21(30-5)23(15)24/h6-10,14,16H,11-13H2,1-5H3,(H,27,28). The average Bonchev–Trinajstić information content (AvgIpc) is 2.75. The fraction of sp³-hybridized carbons (Fsp3) is 0.385. The SMILES string of the molecule is COc1cc2c(c3oc(=O)c(CC(=O)NC(C)c4ccccc4)c(C)c13)CCC(C)(C)O2. The summed E-state index contributed by atoms with van der Waals surface area (Å²) in [6, 6.07) is 11.4. The van der Waals surface area contributed by atoms with E-state index in [0.717, 1.165) is 24.0 Å². The van der Waals surface area contributed by atoms with Gasteiger partial charge in [0.15, 0.2) is 0 Å². The Balaban J connectivity index is 1.71. The predicted molar refractivity (Wildman–Crippen MR) is 124 cm³/mol. The fourth-order valence-electron chi connectivity index (χ4n) is 4.33. The van der Waals surface area contributed by atoms with Gasteiger partial charge in [0.05, 0.1) is 30.5 Å². The lowest BCUT2D eigenvalue weighted by Crippen LogP contribution is -2.33. The number of fused-ring (bicyclic) bond motifs is 3. The summed E-state index contributed by atoms with van der Waals surface area (Å²) in [7, 11) is 1.58. The van der Waals surface area contributed by atoms with E-state index in [1.807, 2.05) is 64.1 Å². The molecule has 0 bridgehead atoms. The van der Waals surface area contributed by atoms with Crippen LogP contribution in [0, 0.1) is 6.92 Å². The number of amides is 1. The highest BCUT2D eigenvalue weighted by Crippen LogP contribution is 2.43. The summed E-state index contributed by atoms with van der Waals surface area (Å²) in [4.78, 5) is 25.7. The second-order valence-electron chi connectivity index (χ2n) is 8.99. The highest BCUT2D eigenvalue weighted by molar-refractivity contribution is 5.93. The Morgan fingerprint density at radius 1 is 1.25 bits per heavy atom. The molecule has 0 saturated carbocycles. The number of carbonyl (C=O) groups is 1. The molecule has 0 fully saturated rings. The van der Waals surface area contributed by atoms with E-state index in [2.05, 4.69) is 5.32 Å². The van der Waals surface area contributed by atoms with Gasteiger partial charge in [-0.2, -0.15) is 0 Å². The lowest BCUT2D eigenvalue weighted by atomic mass is 9.91. The van der Waals surface area contributed by atoms with Crippen LogP contribution in [0.25, 0.3) is 11.0 Å². The molecule has 1 amide bonds. The minimum atomic E-state index is -0.502. The number of carbonyl (C=O) groups excluding carboxylic acids is 1. The molecule has 2 aromatic carbocycles. The van der Waals surface area contributed by atoms with Crippen molar-refractivity contribution in [3.05, 3.63) is 69.1 Å². The highest BCUT2D eigenvalue weighted by atomic mass is 16.5. The second kappa shape index (κ2) is 8.34. The van der Waals surface area contributed by atoms with E-state index in [9.17, 15) is 9.59 Å². The van der Waals surface area contributed by atoms with Crippen molar-refractivity contribution >= 4 is 16.9 Å². The zero-order valence-electron chi connectivity index (χ0n) is 19.2. The summed E-state index contributed by atoms with van der Waals surface area (Å²) in [6.07, 6.45) is 1.48. The smallest absolute Gasteiger partial charge is 0.340 e. The van der Waals surface area contributed by atoms with Crippen LogP contribution >= 0.6 is 0 Å². The molecule has 1 aliphatic heterocycles. The topological polar surface area (TPSA) is 77.8 Å². The Bertz CT molecular complexity index is 1230. The normalized spacial score (nSPS) is 15.5. The van der Waals surface area contributed by atoms with E-state index in [-0.39, 0.29) is 24.0 Å². The third-order valence-electron chi connectivity index (χ3n) is 6.17. The monoisotopic (exact) mass is 435 g/mol. The van der Waals surface area contributed by atoms with Crippen molar-refractivity contribution in [1.29, 1.82) is 0 Å². The molecule has 2 heterocycles. The van der Waals surface area contributed by atoms with E-state index >= 15 is 0 Å². The number of methoxy groups -OCH3 is 1. The number of ether oxygens (including phenoxy) is 2. The molecule has 0 aliphatic carbocycles. The molecule has 1 atom stereocenters. The van der Waals surface area contributed by atoms with E-state index in [4.69, 9.17) is 13.9 Å². The maximum Gasteiger partial charge on any atom is 0.340 e. The molecule has 1 aliphatic rings. The number of hydrogen-bond donors (Lipinski definition) is 1. The molecule has 32 heavy (non-hydrogen) atoms. The number of benzene rings is 2. The van der Waals surface area contributed by atoms with Gasteiger partial charge in [-0.15, -0.1) is 0 Å². The molecule has 168 valence electrons. The van der Waals surface area contributed by atoms with E-state index < -0.39 is 5.63 Å². The molecular formula is C26H29NO5. The van der Waals surface area contributed by atoms with Crippen LogP contribution in [-0.4, -0.2) is 18.6 Å². The summed E-state index contributed by atoms with van der Waals surface area (Å²) in [5, 5.41) is 3.68. The molecule has 1 N–H and O–H groups in total. The number of nitrogens with one attached hydrogen (secondary N) is 1. The van der Waals surface area contributed by atoms with Gasteiger partial charge in [-0.25, -0.2) is 4.79 Å². The summed E-state index contributed by atoms with van der Waals surface area (Å²) in [5.41, 5.74) is 2.59. The molecule has 1 unspecified atom stereocenters. The first-order valence-electron chi connectivity index (χ1n) is 10.9. The van der Waals surface area contributed by atoms with Crippen LogP contribution in [0.3, 0.4) is 0 Å². The summed E-state index contributed by atoms with van der Waals surface area (Å²) in [5.74, 6) is 1.01. The number of rotatable bonds is 5. The average molecular weight is 436 g/mol. The first kappa shape index (κ1) is 21.9. The molecule has 0 radical (unpaired) electrons. The zero-order valence-corrected chi connectivity index (χ0v) is 19.2. The Morgan fingerprint density at radius 3 is 2.66 bits per heavy atom. The summed E-state index contributed by atoms with van der Waals surface area (Å²) >= 11 is 0. The van der Waals surface area contributed by atoms with Gasteiger partial charge >= 0.3 is 5.63 Å². The van der Waals surface area contributed by atoms with Gasteiger partial charge in [-0.1, -0.05) is 30.3 Å². The van der Waals surface area contributed by atoms with Gasteiger partial charge in [-0.3, -0.25) is 4.79 Å². The Hall–Kier alpha value is -3.28. The highest BCUT2D eigenvalue weighted by Gasteiger charge is 2.31. The summed E-state index contributed by atoms with van der Waals surface area (Å²) < 4.78 is 17.5. The maximum atomic E-state index is 12.9. The fourth-order valence-corrected chi connectivity index (χ4v) is 4.33. The Kier molecular flexibility index (Phi) is 5.71.